The van der Waals surface area contributed by atoms with Gasteiger partial charge in [-0.05, 0) is 42.8 Å². The molecule has 0 radical (unpaired) electrons. The van der Waals surface area contributed by atoms with E-state index in [-0.39, 0.29) is 16.6 Å². The molecule has 0 aliphatic carbocycles. The highest BCUT2D eigenvalue weighted by molar-refractivity contribution is 9.10. The number of hydrogen-bond donors (Lipinski definition) is 4. The maximum Gasteiger partial charge on any atom is 0.339 e. The first kappa shape index (κ1) is 25.6. The molecular weight excluding hydrogens is 498 g/mol. The van der Waals surface area contributed by atoms with Crippen molar-refractivity contribution < 1.29 is 27.6 Å². The van der Waals surface area contributed by atoms with E-state index < -0.39 is 15.2 Å². The van der Waals surface area contributed by atoms with Gasteiger partial charge >= 0.3 is 10.1 Å². The van der Waals surface area contributed by atoms with Gasteiger partial charge in [0.05, 0.1) is 6.61 Å². The standard InChI is InChI=1S/C17H19BrN4O4S.HNO3/c1-12-8-14(25-7-3-6-21-22-17(19)20)11-15(9-12)26-27(23,24)16-5-2-4-13(18)10-16;2-1(3)4/h2,4-6,8-11H,3,7H2,1H3,(H4,19,20,22);(H,2,3,4)/b21-6-;. The van der Waals surface area contributed by atoms with E-state index in [0.717, 1.165) is 5.56 Å². The topological polar surface area (TPSA) is 190 Å². The van der Waals surface area contributed by atoms with Gasteiger partial charge in [0.15, 0.2) is 0 Å². The molecule has 0 saturated carbocycles. The first-order valence-corrected chi connectivity index (χ1v) is 10.6. The smallest absolute Gasteiger partial charge is 0.339 e. The maximum absolute atomic E-state index is 12.4. The Labute approximate surface area is 186 Å². The number of rotatable bonds is 8. The monoisotopic (exact) mass is 517 g/mol. The Bertz CT molecular complexity index is 1040. The number of hydrogen-bond acceptors (Lipinski definition) is 8. The van der Waals surface area contributed by atoms with Gasteiger partial charge in [0, 0.05) is 23.2 Å². The molecule has 0 atom stereocenters. The highest BCUT2D eigenvalue weighted by atomic mass is 79.9. The van der Waals surface area contributed by atoms with E-state index in [1.54, 1.807) is 24.3 Å². The van der Waals surface area contributed by atoms with Gasteiger partial charge in [-0.15, -0.1) is 10.1 Å². The Balaban J connectivity index is 0.00000110. The molecule has 0 fully saturated rings. The van der Waals surface area contributed by atoms with Crippen molar-refractivity contribution in [3.8, 4) is 11.5 Å². The predicted octanol–water partition coefficient (Wildman–Crippen LogP) is 2.42. The van der Waals surface area contributed by atoms with Gasteiger partial charge in [-0.1, -0.05) is 22.0 Å². The molecule has 0 bridgehead atoms. The van der Waals surface area contributed by atoms with E-state index in [1.165, 1.54) is 24.4 Å². The molecule has 5 N–H and O–H groups in total. The molecule has 0 spiro atoms. The molecule has 0 unspecified atom stereocenters. The van der Waals surface area contributed by atoms with Crippen molar-refractivity contribution >= 4 is 38.2 Å². The molecule has 168 valence electrons. The van der Waals surface area contributed by atoms with E-state index in [2.05, 4.69) is 26.5 Å². The lowest BCUT2D eigenvalue weighted by molar-refractivity contribution is -0.742. The van der Waals surface area contributed by atoms with Crippen molar-refractivity contribution in [2.75, 3.05) is 6.61 Å². The molecule has 2 rings (SSSR count). The average molecular weight is 518 g/mol. The van der Waals surface area contributed by atoms with E-state index in [0.29, 0.717) is 23.2 Å². The Morgan fingerprint density at radius 2 is 2.00 bits per heavy atom. The van der Waals surface area contributed by atoms with E-state index >= 15 is 0 Å². The Hall–Kier alpha value is -3.39. The number of benzene rings is 2. The van der Waals surface area contributed by atoms with Crippen molar-refractivity contribution in [2.45, 2.75) is 18.2 Å². The summed E-state index contributed by atoms with van der Waals surface area (Å²) in [5, 5.41) is 24.3. The van der Waals surface area contributed by atoms with Gasteiger partial charge in [0.25, 0.3) is 5.09 Å². The summed E-state index contributed by atoms with van der Waals surface area (Å²) in [5.41, 5.74) is 8.18. The quantitative estimate of drug-likeness (QED) is 0.102. The Morgan fingerprint density at radius 3 is 2.61 bits per heavy atom. The van der Waals surface area contributed by atoms with Crippen LogP contribution in [0, 0.1) is 22.4 Å². The van der Waals surface area contributed by atoms with Crippen LogP contribution >= 0.6 is 15.9 Å². The fourth-order valence-corrected chi connectivity index (χ4v) is 3.57. The molecule has 12 nitrogen and oxygen atoms in total. The highest BCUT2D eigenvalue weighted by Crippen LogP contribution is 2.26. The summed E-state index contributed by atoms with van der Waals surface area (Å²) in [6.07, 6.45) is 1.99. The number of nitrogens with one attached hydrogen (secondary N) is 2. The number of nitrogens with two attached hydrogens (primary N) is 1. The van der Waals surface area contributed by atoms with Crippen LogP contribution in [-0.2, 0) is 10.1 Å². The SMILES string of the molecule is Cc1cc(OCC/C=N\NC(=N)N)cc(OS(=O)(=O)c2cccc(Br)c2)c1.O=[N+]([O-])O. The third kappa shape index (κ3) is 10.8. The number of guanidine groups is 1. The second kappa shape index (κ2) is 12.3. The van der Waals surface area contributed by atoms with Gasteiger partial charge in [-0.2, -0.15) is 13.5 Å². The van der Waals surface area contributed by atoms with Crippen LogP contribution in [0.1, 0.15) is 12.0 Å². The first-order chi connectivity index (χ1) is 14.5. The summed E-state index contributed by atoms with van der Waals surface area (Å²) in [7, 11) is -3.96. The van der Waals surface area contributed by atoms with Crippen LogP contribution in [0.4, 0.5) is 0 Å². The molecule has 0 aliphatic heterocycles. The maximum atomic E-state index is 12.4. The minimum absolute atomic E-state index is 0.0510. The van der Waals surface area contributed by atoms with Crippen LogP contribution in [0.3, 0.4) is 0 Å². The number of nitrogens with zero attached hydrogens (tertiary/aromatic N) is 2. The van der Waals surface area contributed by atoms with Crippen LogP contribution in [0.5, 0.6) is 11.5 Å². The number of hydrazone groups is 1. The zero-order chi connectivity index (χ0) is 23.4. The zero-order valence-electron chi connectivity index (χ0n) is 16.2. The average Bonchev–Trinajstić information content (AvgIpc) is 2.63. The van der Waals surface area contributed by atoms with Crippen molar-refractivity contribution in [2.24, 2.45) is 10.8 Å². The van der Waals surface area contributed by atoms with E-state index in [1.807, 2.05) is 6.92 Å². The second-order valence-corrected chi connectivity index (χ2v) is 8.15. The number of halogens is 1. The van der Waals surface area contributed by atoms with Crippen molar-refractivity contribution in [3.63, 3.8) is 0 Å². The lowest BCUT2D eigenvalue weighted by Gasteiger charge is -2.11. The summed E-state index contributed by atoms with van der Waals surface area (Å²) in [4.78, 5) is 8.41. The Kier molecular flexibility index (Phi) is 10.2. The highest BCUT2D eigenvalue weighted by Gasteiger charge is 2.17. The molecule has 0 heterocycles. The molecule has 0 aliphatic rings. The van der Waals surface area contributed by atoms with Crippen LogP contribution in [0.15, 0.2) is 56.9 Å². The van der Waals surface area contributed by atoms with E-state index in [4.69, 9.17) is 35.4 Å². The zero-order valence-corrected chi connectivity index (χ0v) is 18.6. The molecule has 31 heavy (non-hydrogen) atoms. The largest absolute Gasteiger partial charge is 0.493 e. The minimum atomic E-state index is -3.96. The molecule has 2 aromatic carbocycles. The van der Waals surface area contributed by atoms with Crippen LogP contribution in [-0.4, -0.2) is 37.5 Å². The summed E-state index contributed by atoms with van der Waals surface area (Å²) in [5.74, 6) is 0.388. The predicted molar refractivity (Wildman–Crippen MR) is 116 cm³/mol. The van der Waals surface area contributed by atoms with Gasteiger partial charge < -0.3 is 19.9 Å². The van der Waals surface area contributed by atoms with Crippen molar-refractivity contribution in [1.82, 2.24) is 5.43 Å². The third-order valence-corrected chi connectivity index (χ3v) is 4.84. The lowest BCUT2D eigenvalue weighted by atomic mass is 10.2. The molecule has 14 heteroatoms. The van der Waals surface area contributed by atoms with Crippen molar-refractivity contribution in [3.05, 3.63) is 62.6 Å². The normalized spacial score (nSPS) is 10.6. The lowest BCUT2D eigenvalue weighted by Crippen LogP contribution is -2.25. The Morgan fingerprint density at radius 1 is 1.35 bits per heavy atom. The van der Waals surface area contributed by atoms with Crippen molar-refractivity contribution in [1.29, 1.82) is 5.41 Å². The van der Waals surface area contributed by atoms with Gasteiger partial charge in [0.2, 0.25) is 5.96 Å². The van der Waals surface area contributed by atoms with E-state index in [9.17, 15) is 8.42 Å². The summed E-state index contributed by atoms with van der Waals surface area (Å²) in [6, 6.07) is 11.2. The number of aryl methyl sites for hydroxylation is 1. The molecule has 0 saturated heterocycles. The molecule has 0 aromatic heterocycles. The van der Waals surface area contributed by atoms with Gasteiger partial charge in [0.1, 0.15) is 16.4 Å². The first-order valence-electron chi connectivity index (χ1n) is 8.39. The van der Waals surface area contributed by atoms with Crippen LogP contribution in [0.2, 0.25) is 0 Å². The van der Waals surface area contributed by atoms with Gasteiger partial charge in [-0.3, -0.25) is 5.41 Å². The fraction of sp³-hybridized carbons (Fsp3) is 0.176. The summed E-state index contributed by atoms with van der Waals surface area (Å²) in [6.45, 7) is 2.12. The summed E-state index contributed by atoms with van der Waals surface area (Å²) >= 11 is 3.24. The third-order valence-electron chi connectivity index (χ3n) is 3.11. The minimum Gasteiger partial charge on any atom is -0.493 e. The summed E-state index contributed by atoms with van der Waals surface area (Å²) < 4.78 is 36.3. The van der Waals surface area contributed by atoms with Crippen LogP contribution in [0.25, 0.3) is 0 Å². The van der Waals surface area contributed by atoms with Crippen LogP contribution < -0.4 is 20.1 Å². The van der Waals surface area contributed by atoms with Gasteiger partial charge in [-0.25, -0.2) is 5.43 Å². The number of ether oxygens (including phenoxy) is 1. The molecule has 0 amide bonds. The molecule has 2 aromatic rings. The molecular formula is C17H20BrN5O7S. The second-order valence-electron chi connectivity index (χ2n) is 5.69. The fourth-order valence-electron chi connectivity index (χ4n) is 2.05.